The quantitative estimate of drug-likeness (QED) is 0.316. The Morgan fingerprint density at radius 1 is 1.67 bits per heavy atom. The number of ether oxygens (including phenoxy) is 1. The second-order valence-corrected chi connectivity index (χ2v) is 1.58. The van der Waals surface area contributed by atoms with Gasteiger partial charge in [-0.25, -0.2) is 4.79 Å². The summed E-state index contributed by atoms with van der Waals surface area (Å²) >= 11 is 0. The molecule has 0 bridgehead atoms. The molecule has 2 nitrogen and oxygen atoms in total. The Bertz CT molecular complexity index is 145. The predicted octanol–water partition coefficient (Wildman–Crippen LogP) is 1.29. The lowest BCUT2D eigenvalue weighted by molar-refractivity contribution is -0.136. The van der Waals surface area contributed by atoms with Crippen molar-refractivity contribution in [2.75, 3.05) is 7.11 Å². The monoisotopic (exact) mass is 126 g/mol. The van der Waals surface area contributed by atoms with Crippen LogP contribution in [-0.4, -0.2) is 13.1 Å². The van der Waals surface area contributed by atoms with Gasteiger partial charge in [-0.05, 0) is 6.92 Å². The molecule has 0 aliphatic rings. The molecule has 0 aromatic rings. The molecule has 0 N–H and O–H groups in total. The van der Waals surface area contributed by atoms with E-state index in [2.05, 4.69) is 11.3 Å². The van der Waals surface area contributed by atoms with Crippen LogP contribution in [0.4, 0.5) is 0 Å². The largest absolute Gasteiger partial charge is 0.466 e. The topological polar surface area (TPSA) is 26.3 Å². The minimum Gasteiger partial charge on any atom is -0.466 e. The smallest absolute Gasteiger partial charge is 0.333 e. The van der Waals surface area contributed by atoms with Gasteiger partial charge in [-0.15, -0.1) is 0 Å². The van der Waals surface area contributed by atoms with Crippen LogP contribution >= 0.6 is 0 Å². The van der Waals surface area contributed by atoms with Crippen molar-refractivity contribution in [2.24, 2.45) is 0 Å². The van der Waals surface area contributed by atoms with Crippen LogP contribution in [0.5, 0.6) is 0 Å². The van der Waals surface area contributed by atoms with Crippen LogP contribution in [-0.2, 0) is 9.53 Å². The molecule has 0 aliphatic carbocycles. The molecule has 0 radical (unpaired) electrons. The van der Waals surface area contributed by atoms with Crippen LogP contribution in [0.1, 0.15) is 6.92 Å². The minimum absolute atomic E-state index is 0.310. The van der Waals surface area contributed by atoms with Crippen molar-refractivity contribution < 1.29 is 9.53 Å². The fraction of sp³-hybridized carbons (Fsp3) is 0.286. The van der Waals surface area contributed by atoms with Gasteiger partial charge >= 0.3 is 5.97 Å². The fourth-order valence-corrected chi connectivity index (χ4v) is 0.406. The molecule has 0 amide bonds. The highest BCUT2D eigenvalue weighted by molar-refractivity contribution is 5.87. The predicted molar refractivity (Wildman–Crippen MR) is 36.0 cm³/mol. The van der Waals surface area contributed by atoms with Crippen LogP contribution in [0.25, 0.3) is 0 Å². The Morgan fingerprint density at radius 3 is 2.56 bits per heavy atom. The van der Waals surface area contributed by atoms with Gasteiger partial charge in [0.2, 0.25) is 0 Å². The molecule has 0 rings (SSSR count). The molecule has 0 unspecified atom stereocenters. The average molecular weight is 126 g/mol. The molecule has 0 spiro atoms. The van der Waals surface area contributed by atoms with Gasteiger partial charge in [0.1, 0.15) is 0 Å². The first-order chi connectivity index (χ1) is 4.22. The summed E-state index contributed by atoms with van der Waals surface area (Å²) in [6, 6.07) is 0. The summed E-state index contributed by atoms with van der Waals surface area (Å²) in [4.78, 5) is 10.6. The van der Waals surface area contributed by atoms with E-state index in [0.29, 0.717) is 5.57 Å². The molecule has 0 aliphatic heterocycles. The Kier molecular flexibility index (Phi) is 3.44. The third-order valence-corrected chi connectivity index (χ3v) is 0.875. The van der Waals surface area contributed by atoms with E-state index in [1.54, 1.807) is 19.1 Å². The maximum absolute atomic E-state index is 10.6. The van der Waals surface area contributed by atoms with Gasteiger partial charge in [0.25, 0.3) is 0 Å². The average Bonchev–Trinajstić information content (AvgIpc) is 1.87. The van der Waals surface area contributed by atoms with Crippen molar-refractivity contribution in [2.45, 2.75) is 6.92 Å². The first-order valence-electron chi connectivity index (χ1n) is 2.60. The first-order valence-corrected chi connectivity index (χ1v) is 2.60. The number of hydrogen-bond donors (Lipinski definition) is 0. The highest BCUT2D eigenvalue weighted by Crippen LogP contribution is 1.93. The zero-order chi connectivity index (χ0) is 7.28. The second-order valence-electron chi connectivity index (χ2n) is 1.58. The van der Waals surface area contributed by atoms with Crippen molar-refractivity contribution >= 4 is 5.97 Å². The van der Waals surface area contributed by atoms with Crippen LogP contribution in [0.2, 0.25) is 0 Å². The summed E-state index contributed by atoms with van der Waals surface area (Å²) in [5.41, 5.74) is 0.563. The standard InChI is InChI=1S/C7H10O2/c1-4-5-6(2)7(8)9-3/h4-5H,1H2,2-3H3/b6-5+. The van der Waals surface area contributed by atoms with Crippen LogP contribution in [0.15, 0.2) is 24.3 Å². The van der Waals surface area contributed by atoms with Gasteiger partial charge in [0, 0.05) is 5.57 Å². The van der Waals surface area contributed by atoms with Crippen LogP contribution < -0.4 is 0 Å². The zero-order valence-electron chi connectivity index (χ0n) is 5.68. The van der Waals surface area contributed by atoms with Crippen molar-refractivity contribution in [1.29, 1.82) is 0 Å². The molecule has 0 heterocycles. The first kappa shape index (κ1) is 7.95. The molecule has 2 heteroatoms. The van der Waals surface area contributed by atoms with Gasteiger partial charge in [0.05, 0.1) is 7.11 Å². The minimum atomic E-state index is -0.310. The summed E-state index contributed by atoms with van der Waals surface area (Å²) in [7, 11) is 1.35. The zero-order valence-corrected chi connectivity index (χ0v) is 5.68. The van der Waals surface area contributed by atoms with E-state index in [1.165, 1.54) is 7.11 Å². The molecule has 0 fully saturated rings. The molecular formula is C7H10O2. The van der Waals surface area contributed by atoms with E-state index in [4.69, 9.17) is 0 Å². The van der Waals surface area contributed by atoms with E-state index in [0.717, 1.165) is 0 Å². The lowest BCUT2D eigenvalue weighted by Crippen LogP contribution is -2.00. The molecule has 0 atom stereocenters. The van der Waals surface area contributed by atoms with Crippen LogP contribution in [0, 0.1) is 0 Å². The highest BCUT2D eigenvalue weighted by Gasteiger charge is 1.98. The van der Waals surface area contributed by atoms with Gasteiger partial charge < -0.3 is 4.74 Å². The molecule has 9 heavy (non-hydrogen) atoms. The lowest BCUT2D eigenvalue weighted by atomic mass is 10.3. The number of esters is 1. The number of hydrogen-bond acceptors (Lipinski definition) is 2. The number of allylic oxidation sites excluding steroid dienone is 2. The summed E-state index contributed by atoms with van der Waals surface area (Å²) in [5.74, 6) is -0.310. The maximum Gasteiger partial charge on any atom is 0.333 e. The molecule has 0 aromatic heterocycles. The van der Waals surface area contributed by atoms with Crippen LogP contribution in [0.3, 0.4) is 0 Å². The Hall–Kier alpha value is -1.05. The highest BCUT2D eigenvalue weighted by atomic mass is 16.5. The molecular weight excluding hydrogens is 116 g/mol. The third-order valence-electron chi connectivity index (χ3n) is 0.875. The van der Waals surface area contributed by atoms with E-state index >= 15 is 0 Å². The SMILES string of the molecule is C=C/C=C(\C)C(=O)OC. The summed E-state index contributed by atoms with van der Waals surface area (Å²) in [5, 5.41) is 0. The van der Waals surface area contributed by atoms with E-state index in [-0.39, 0.29) is 5.97 Å². The Balaban J connectivity index is 4.01. The fourth-order valence-electron chi connectivity index (χ4n) is 0.406. The molecule has 0 aromatic carbocycles. The van der Waals surface area contributed by atoms with E-state index in [1.807, 2.05) is 0 Å². The van der Waals surface area contributed by atoms with Gasteiger partial charge in [-0.3, -0.25) is 0 Å². The molecule has 0 saturated heterocycles. The summed E-state index contributed by atoms with van der Waals surface area (Å²) in [6.45, 7) is 5.11. The normalized spacial score (nSPS) is 10.7. The van der Waals surface area contributed by atoms with Crippen molar-refractivity contribution in [1.82, 2.24) is 0 Å². The summed E-state index contributed by atoms with van der Waals surface area (Å²) in [6.07, 6.45) is 3.15. The maximum atomic E-state index is 10.6. The number of carbonyl (C=O) groups is 1. The number of carbonyl (C=O) groups excluding carboxylic acids is 1. The molecule has 0 saturated carbocycles. The number of methoxy groups -OCH3 is 1. The molecule has 50 valence electrons. The lowest BCUT2D eigenvalue weighted by Gasteiger charge is -1.94. The third kappa shape index (κ3) is 2.69. The van der Waals surface area contributed by atoms with E-state index < -0.39 is 0 Å². The van der Waals surface area contributed by atoms with Gasteiger partial charge in [-0.2, -0.15) is 0 Å². The van der Waals surface area contributed by atoms with Crippen molar-refractivity contribution in [3.63, 3.8) is 0 Å². The second kappa shape index (κ2) is 3.89. The van der Waals surface area contributed by atoms with Crippen molar-refractivity contribution in [3.8, 4) is 0 Å². The van der Waals surface area contributed by atoms with Gasteiger partial charge in [-0.1, -0.05) is 18.7 Å². The van der Waals surface area contributed by atoms with Gasteiger partial charge in [0.15, 0.2) is 0 Å². The van der Waals surface area contributed by atoms with E-state index in [9.17, 15) is 4.79 Å². The Labute approximate surface area is 54.8 Å². The number of rotatable bonds is 2. The summed E-state index contributed by atoms with van der Waals surface area (Å²) < 4.78 is 4.41. The Morgan fingerprint density at radius 2 is 2.22 bits per heavy atom. The van der Waals surface area contributed by atoms with Crippen molar-refractivity contribution in [3.05, 3.63) is 24.3 Å².